The molecule has 0 aromatic heterocycles. The highest BCUT2D eigenvalue weighted by molar-refractivity contribution is 9.10. The monoisotopic (exact) mass is 275 g/mol. The van der Waals surface area contributed by atoms with Gasteiger partial charge >= 0.3 is 0 Å². The van der Waals surface area contributed by atoms with E-state index in [-0.39, 0.29) is 0 Å². The van der Waals surface area contributed by atoms with Gasteiger partial charge in [0, 0.05) is 14.6 Å². The van der Waals surface area contributed by atoms with Crippen molar-refractivity contribution in [1.29, 1.82) is 0 Å². The van der Waals surface area contributed by atoms with Crippen LogP contribution in [0.1, 0.15) is 19.4 Å². The molecule has 1 rings (SSSR count). The Kier molecular flexibility index (Phi) is 4.95. The van der Waals surface area contributed by atoms with Crippen molar-refractivity contribution in [1.82, 2.24) is 0 Å². The summed E-state index contributed by atoms with van der Waals surface area (Å²) in [5.41, 5.74) is 1.08. The second-order valence-electron chi connectivity index (χ2n) is 3.24. The van der Waals surface area contributed by atoms with E-state index in [9.17, 15) is 0 Å². The maximum Gasteiger partial charge on any atom is 0.0930 e. The first-order chi connectivity index (χ1) is 6.63. The maximum absolute atomic E-state index is 5.01. The van der Waals surface area contributed by atoms with E-state index in [0.29, 0.717) is 11.9 Å². The van der Waals surface area contributed by atoms with E-state index in [1.54, 1.807) is 0 Å². The second kappa shape index (κ2) is 5.75. The summed E-state index contributed by atoms with van der Waals surface area (Å²) in [6.45, 7) is 4.80. The molecule has 0 atom stereocenters. The molecule has 0 spiro atoms. The van der Waals surface area contributed by atoms with Crippen molar-refractivity contribution in [2.45, 2.75) is 30.6 Å². The molecular formula is C10H14BrNOS. The summed E-state index contributed by atoms with van der Waals surface area (Å²) < 4.78 is 1.10. The molecule has 0 saturated heterocycles. The molecule has 0 bridgehead atoms. The first-order valence-electron chi connectivity index (χ1n) is 4.40. The zero-order valence-corrected chi connectivity index (χ0v) is 10.7. The largest absolute Gasteiger partial charge is 0.300 e. The first kappa shape index (κ1) is 12.0. The minimum absolute atomic E-state index is 0.450. The molecule has 4 heteroatoms. The lowest BCUT2D eigenvalue weighted by molar-refractivity contribution is 0.124. The molecule has 2 nitrogen and oxygen atoms in total. The van der Waals surface area contributed by atoms with Gasteiger partial charge in [0.15, 0.2) is 0 Å². The number of hydrogen-bond acceptors (Lipinski definition) is 3. The summed E-state index contributed by atoms with van der Waals surface area (Å²) in [5, 5.41) is 0.586. The van der Waals surface area contributed by atoms with Gasteiger partial charge in [0.1, 0.15) is 0 Å². The highest BCUT2D eigenvalue weighted by Crippen LogP contribution is 2.31. The standard InChI is InChI=1S/C10H14BrNOS/c1-7(2)14-10-4-3-8(6-13-12)5-9(10)11/h3-5,7H,6,12H2,1-2H3. The van der Waals surface area contributed by atoms with Gasteiger partial charge in [-0.25, -0.2) is 5.90 Å². The summed E-state index contributed by atoms with van der Waals surface area (Å²) in [4.78, 5) is 5.83. The highest BCUT2D eigenvalue weighted by atomic mass is 79.9. The van der Waals surface area contributed by atoms with Crippen molar-refractivity contribution in [3.8, 4) is 0 Å². The summed E-state index contributed by atoms with van der Waals surface area (Å²) >= 11 is 5.36. The molecule has 0 unspecified atom stereocenters. The van der Waals surface area contributed by atoms with Crippen molar-refractivity contribution >= 4 is 27.7 Å². The predicted molar refractivity (Wildman–Crippen MR) is 64.1 cm³/mol. The molecular weight excluding hydrogens is 262 g/mol. The molecule has 0 aliphatic heterocycles. The molecule has 0 heterocycles. The predicted octanol–water partition coefficient (Wildman–Crippen LogP) is 3.34. The van der Waals surface area contributed by atoms with Gasteiger partial charge in [-0.1, -0.05) is 19.9 Å². The van der Waals surface area contributed by atoms with E-state index in [1.165, 1.54) is 4.90 Å². The molecule has 0 saturated carbocycles. The molecule has 1 aromatic rings. The van der Waals surface area contributed by atoms with Crippen LogP contribution in [0.5, 0.6) is 0 Å². The van der Waals surface area contributed by atoms with Crippen molar-refractivity contribution in [3.63, 3.8) is 0 Å². The van der Waals surface area contributed by atoms with Gasteiger partial charge in [0.2, 0.25) is 0 Å². The fourth-order valence-corrected chi connectivity index (χ4v) is 2.61. The van der Waals surface area contributed by atoms with Crippen LogP contribution in [0.2, 0.25) is 0 Å². The van der Waals surface area contributed by atoms with Crippen LogP contribution in [-0.4, -0.2) is 5.25 Å². The number of nitrogens with two attached hydrogens (primary N) is 1. The van der Waals surface area contributed by atoms with Crippen LogP contribution in [0.25, 0.3) is 0 Å². The smallest absolute Gasteiger partial charge is 0.0930 e. The lowest BCUT2D eigenvalue weighted by Gasteiger charge is -2.08. The number of hydrogen-bond donors (Lipinski definition) is 1. The van der Waals surface area contributed by atoms with Gasteiger partial charge in [-0.05, 0) is 33.6 Å². The van der Waals surface area contributed by atoms with E-state index in [4.69, 9.17) is 5.90 Å². The van der Waals surface area contributed by atoms with E-state index in [0.717, 1.165) is 10.0 Å². The minimum Gasteiger partial charge on any atom is -0.300 e. The van der Waals surface area contributed by atoms with Crippen LogP contribution in [0.15, 0.2) is 27.6 Å². The Balaban J connectivity index is 2.79. The van der Waals surface area contributed by atoms with Crippen molar-refractivity contribution in [2.24, 2.45) is 5.90 Å². The van der Waals surface area contributed by atoms with E-state index >= 15 is 0 Å². The van der Waals surface area contributed by atoms with Crippen LogP contribution in [0.4, 0.5) is 0 Å². The van der Waals surface area contributed by atoms with Crippen LogP contribution in [0, 0.1) is 0 Å². The van der Waals surface area contributed by atoms with Crippen LogP contribution in [-0.2, 0) is 11.4 Å². The Labute approximate surface area is 97.3 Å². The van der Waals surface area contributed by atoms with Crippen LogP contribution in [0.3, 0.4) is 0 Å². The molecule has 1 aromatic carbocycles. The van der Waals surface area contributed by atoms with E-state index in [2.05, 4.69) is 40.7 Å². The third kappa shape index (κ3) is 3.61. The van der Waals surface area contributed by atoms with Gasteiger partial charge in [-0.2, -0.15) is 0 Å². The Morgan fingerprint density at radius 2 is 2.21 bits per heavy atom. The lowest BCUT2D eigenvalue weighted by Crippen LogP contribution is -1.98. The van der Waals surface area contributed by atoms with Gasteiger partial charge in [-0.3, -0.25) is 4.84 Å². The van der Waals surface area contributed by atoms with Crippen LogP contribution >= 0.6 is 27.7 Å². The first-order valence-corrected chi connectivity index (χ1v) is 6.07. The van der Waals surface area contributed by atoms with Gasteiger partial charge < -0.3 is 0 Å². The molecule has 0 radical (unpaired) electrons. The molecule has 14 heavy (non-hydrogen) atoms. The van der Waals surface area contributed by atoms with Gasteiger partial charge in [0.25, 0.3) is 0 Å². The van der Waals surface area contributed by atoms with E-state index in [1.807, 2.05) is 23.9 Å². The van der Waals surface area contributed by atoms with Crippen molar-refractivity contribution in [3.05, 3.63) is 28.2 Å². The Morgan fingerprint density at radius 3 is 2.71 bits per heavy atom. The average Bonchev–Trinajstić information content (AvgIpc) is 2.10. The molecule has 0 aliphatic carbocycles. The molecule has 78 valence electrons. The highest BCUT2D eigenvalue weighted by Gasteiger charge is 2.04. The normalized spacial score (nSPS) is 10.9. The van der Waals surface area contributed by atoms with E-state index < -0.39 is 0 Å². The molecule has 0 aliphatic rings. The maximum atomic E-state index is 5.01. The quantitative estimate of drug-likeness (QED) is 0.676. The van der Waals surface area contributed by atoms with Crippen molar-refractivity contribution in [2.75, 3.05) is 0 Å². The lowest BCUT2D eigenvalue weighted by atomic mass is 10.2. The number of thioether (sulfide) groups is 1. The SMILES string of the molecule is CC(C)Sc1ccc(CON)cc1Br. The average molecular weight is 276 g/mol. The molecule has 0 amide bonds. The number of benzene rings is 1. The summed E-state index contributed by atoms with van der Waals surface area (Å²) in [7, 11) is 0. The van der Waals surface area contributed by atoms with Gasteiger partial charge in [-0.15, -0.1) is 11.8 Å². The third-order valence-electron chi connectivity index (χ3n) is 1.61. The zero-order chi connectivity index (χ0) is 10.6. The summed E-state index contributed by atoms with van der Waals surface area (Å²) in [6.07, 6.45) is 0. The van der Waals surface area contributed by atoms with Crippen molar-refractivity contribution < 1.29 is 4.84 Å². The summed E-state index contributed by atoms with van der Waals surface area (Å²) in [6, 6.07) is 6.16. The number of halogens is 1. The Morgan fingerprint density at radius 1 is 1.50 bits per heavy atom. The topological polar surface area (TPSA) is 35.2 Å². The van der Waals surface area contributed by atoms with Gasteiger partial charge in [0.05, 0.1) is 6.61 Å². The molecule has 2 N–H and O–H groups in total. The number of rotatable bonds is 4. The summed E-state index contributed by atoms with van der Waals surface area (Å²) in [5.74, 6) is 5.01. The minimum atomic E-state index is 0.450. The zero-order valence-electron chi connectivity index (χ0n) is 8.29. The second-order valence-corrected chi connectivity index (χ2v) is 5.72. The fourth-order valence-electron chi connectivity index (χ4n) is 1.08. The Hall–Kier alpha value is -0.0300. The molecule has 0 fully saturated rings. The van der Waals surface area contributed by atoms with Crippen LogP contribution < -0.4 is 5.90 Å². The fraction of sp³-hybridized carbons (Fsp3) is 0.400. The third-order valence-corrected chi connectivity index (χ3v) is 3.61. The Bertz CT molecular complexity index is 304.